The van der Waals surface area contributed by atoms with Gasteiger partial charge in [0.2, 0.25) is 0 Å². The minimum absolute atomic E-state index is 0.170. The number of alkyl halides is 2. The number of fused-ring (bicyclic) bond motifs is 5. The van der Waals surface area contributed by atoms with Gasteiger partial charge in [-0.25, -0.2) is 8.78 Å². The zero-order valence-corrected chi connectivity index (χ0v) is 17.9. The monoisotopic (exact) mass is 416 g/mol. The molecule has 3 saturated carbocycles. The number of rotatable bonds is 4. The van der Waals surface area contributed by atoms with E-state index in [-0.39, 0.29) is 18.3 Å². The summed E-state index contributed by atoms with van der Waals surface area (Å²) in [6, 6.07) is 1.96. The van der Waals surface area contributed by atoms with Crippen LogP contribution in [0.3, 0.4) is 0 Å². The van der Waals surface area contributed by atoms with Crippen molar-refractivity contribution in [3.05, 3.63) is 42.3 Å². The van der Waals surface area contributed by atoms with Crippen molar-refractivity contribution in [3.8, 4) is 0 Å². The summed E-state index contributed by atoms with van der Waals surface area (Å²) < 4.78 is 28.7. The van der Waals surface area contributed by atoms with Gasteiger partial charge in [0.1, 0.15) is 5.60 Å². The minimum atomic E-state index is -2.65. The lowest BCUT2D eigenvalue weighted by atomic mass is 9.51. The van der Waals surface area contributed by atoms with Gasteiger partial charge in [-0.05, 0) is 86.0 Å². The second-order valence-corrected chi connectivity index (χ2v) is 10.7. The van der Waals surface area contributed by atoms with Crippen molar-refractivity contribution in [2.75, 3.05) is 0 Å². The minimum Gasteiger partial charge on any atom is -0.384 e. The Labute approximate surface area is 178 Å². The van der Waals surface area contributed by atoms with E-state index in [1.54, 1.807) is 0 Å². The van der Waals surface area contributed by atoms with E-state index >= 15 is 0 Å². The van der Waals surface area contributed by atoms with Crippen molar-refractivity contribution in [2.24, 2.45) is 35.0 Å². The van der Waals surface area contributed by atoms with Crippen LogP contribution in [0.5, 0.6) is 0 Å². The average molecular weight is 417 g/mol. The Morgan fingerprint density at radius 3 is 2.83 bits per heavy atom. The fraction of sp³-hybridized carbons (Fsp3) is 0.720. The highest BCUT2D eigenvalue weighted by Crippen LogP contribution is 2.64. The Morgan fingerprint density at radius 1 is 1.27 bits per heavy atom. The second-order valence-electron chi connectivity index (χ2n) is 10.7. The molecule has 0 bridgehead atoms. The first kappa shape index (κ1) is 20.4. The Bertz CT molecular complexity index is 834. The lowest BCUT2D eigenvalue weighted by Crippen LogP contribution is -2.49. The van der Waals surface area contributed by atoms with E-state index < -0.39 is 12.0 Å². The third kappa shape index (κ3) is 3.11. The Balaban J connectivity index is 1.34. The standard InChI is InChI=1S/C25H34F2N2O/c1-16(15-29-13-3-12-28-29)21-6-7-22-20-5-4-17-14-25(30,23(26)27)11-9-18(17)19(20)8-10-24(21,22)2/h3-4,12-13,18-23,30H,1,5-11,14-15H2,2H3/t18-,19+,20+,21+,22-,24+,25+/m0/s1. The first-order valence-electron chi connectivity index (χ1n) is 11.7. The summed E-state index contributed by atoms with van der Waals surface area (Å²) in [5.74, 6) is 2.87. The molecule has 0 radical (unpaired) electrons. The van der Waals surface area contributed by atoms with Crippen LogP contribution in [-0.2, 0) is 6.54 Å². The van der Waals surface area contributed by atoms with E-state index in [9.17, 15) is 13.9 Å². The maximum atomic E-state index is 13.4. The third-order valence-electron chi connectivity index (χ3n) is 9.36. The van der Waals surface area contributed by atoms with Crippen molar-refractivity contribution in [3.63, 3.8) is 0 Å². The van der Waals surface area contributed by atoms with Crippen molar-refractivity contribution in [1.29, 1.82) is 0 Å². The van der Waals surface area contributed by atoms with Gasteiger partial charge in [0.05, 0.1) is 6.54 Å². The van der Waals surface area contributed by atoms with Crippen LogP contribution in [0.2, 0.25) is 0 Å². The van der Waals surface area contributed by atoms with E-state index in [1.807, 2.05) is 23.1 Å². The van der Waals surface area contributed by atoms with Gasteiger partial charge in [0, 0.05) is 18.8 Å². The van der Waals surface area contributed by atoms with E-state index in [2.05, 4.69) is 24.7 Å². The molecule has 30 heavy (non-hydrogen) atoms. The van der Waals surface area contributed by atoms with Crippen molar-refractivity contribution < 1.29 is 13.9 Å². The van der Waals surface area contributed by atoms with E-state index in [1.165, 1.54) is 31.3 Å². The topological polar surface area (TPSA) is 38.0 Å². The number of nitrogens with zero attached hydrogens (tertiary/aromatic N) is 2. The van der Waals surface area contributed by atoms with Gasteiger partial charge >= 0.3 is 0 Å². The third-order valence-corrected chi connectivity index (χ3v) is 9.36. The van der Waals surface area contributed by atoms with E-state index in [4.69, 9.17) is 0 Å². The Hall–Kier alpha value is -1.49. The first-order chi connectivity index (χ1) is 14.3. The lowest BCUT2D eigenvalue weighted by Gasteiger charge is -2.54. The highest BCUT2D eigenvalue weighted by Gasteiger charge is 2.57. The van der Waals surface area contributed by atoms with E-state index in [0.29, 0.717) is 36.0 Å². The molecule has 3 fully saturated rings. The normalized spacial score (nSPS) is 43.0. The Kier molecular flexibility index (Phi) is 4.96. The number of halogens is 2. The van der Waals surface area contributed by atoms with Gasteiger partial charge in [-0.3, -0.25) is 4.68 Å². The molecule has 4 aliphatic carbocycles. The summed E-state index contributed by atoms with van der Waals surface area (Å²) in [5, 5.41) is 14.7. The molecule has 1 heterocycles. The van der Waals surface area contributed by atoms with Crippen LogP contribution in [0.1, 0.15) is 58.3 Å². The van der Waals surface area contributed by atoms with Gasteiger partial charge in [-0.15, -0.1) is 0 Å². The van der Waals surface area contributed by atoms with Gasteiger partial charge < -0.3 is 5.11 Å². The number of aromatic nitrogens is 2. The Morgan fingerprint density at radius 2 is 2.10 bits per heavy atom. The number of allylic oxidation sites excluding steroid dienone is 2. The van der Waals surface area contributed by atoms with Gasteiger partial charge in [0.15, 0.2) is 0 Å². The summed E-state index contributed by atoms with van der Waals surface area (Å²) >= 11 is 0. The highest BCUT2D eigenvalue weighted by molar-refractivity contribution is 5.23. The maximum absolute atomic E-state index is 13.4. The van der Waals surface area contributed by atoms with Crippen molar-refractivity contribution in [1.82, 2.24) is 9.78 Å². The molecule has 0 amide bonds. The summed E-state index contributed by atoms with van der Waals surface area (Å²) in [6.07, 6.45) is 10.4. The SMILES string of the molecule is C=C(Cn1cccn1)[C@H]1CC[C@H]2[C@@H]3CC=C4C[C@@](O)(C(F)F)CC[C@@H]4[C@H]3CC[C@]12C. The number of hydrogen-bond donors (Lipinski definition) is 1. The van der Waals surface area contributed by atoms with Crippen molar-refractivity contribution in [2.45, 2.75) is 76.9 Å². The van der Waals surface area contributed by atoms with Crippen LogP contribution in [-0.4, -0.2) is 26.9 Å². The second kappa shape index (κ2) is 7.29. The van der Waals surface area contributed by atoms with Crippen LogP contribution in [0.15, 0.2) is 42.3 Å². The molecule has 164 valence electrons. The summed E-state index contributed by atoms with van der Waals surface area (Å²) in [4.78, 5) is 0. The summed E-state index contributed by atoms with van der Waals surface area (Å²) in [7, 11) is 0. The molecule has 7 atom stereocenters. The fourth-order valence-corrected chi connectivity index (χ4v) is 7.89. The summed E-state index contributed by atoms with van der Waals surface area (Å²) in [6.45, 7) is 7.76. The molecule has 1 N–H and O–H groups in total. The van der Waals surface area contributed by atoms with Crippen LogP contribution in [0.25, 0.3) is 0 Å². The molecule has 4 aliphatic rings. The first-order valence-corrected chi connectivity index (χ1v) is 11.7. The molecule has 0 saturated heterocycles. The van der Waals surface area contributed by atoms with Crippen molar-refractivity contribution >= 4 is 0 Å². The zero-order chi connectivity index (χ0) is 21.1. The molecule has 0 aromatic carbocycles. The smallest absolute Gasteiger partial charge is 0.267 e. The molecule has 0 unspecified atom stereocenters. The fourth-order valence-electron chi connectivity index (χ4n) is 7.89. The quantitative estimate of drug-likeness (QED) is 0.647. The molecule has 1 aromatic heterocycles. The molecular weight excluding hydrogens is 382 g/mol. The zero-order valence-electron chi connectivity index (χ0n) is 17.9. The van der Waals surface area contributed by atoms with Gasteiger partial charge in [-0.2, -0.15) is 5.10 Å². The molecule has 0 spiro atoms. The van der Waals surface area contributed by atoms with Crippen LogP contribution in [0, 0.1) is 35.0 Å². The van der Waals surface area contributed by atoms with Crippen LogP contribution in [0.4, 0.5) is 8.78 Å². The highest BCUT2D eigenvalue weighted by atomic mass is 19.3. The lowest BCUT2D eigenvalue weighted by molar-refractivity contribution is -0.119. The van der Waals surface area contributed by atoms with Crippen LogP contribution >= 0.6 is 0 Å². The van der Waals surface area contributed by atoms with Crippen LogP contribution < -0.4 is 0 Å². The predicted molar refractivity (Wildman–Crippen MR) is 113 cm³/mol. The van der Waals surface area contributed by atoms with Gasteiger partial charge in [-0.1, -0.05) is 30.7 Å². The largest absolute Gasteiger partial charge is 0.384 e. The predicted octanol–water partition coefficient (Wildman–Crippen LogP) is 5.62. The number of hydrogen-bond acceptors (Lipinski definition) is 2. The molecule has 5 rings (SSSR count). The molecular formula is C25H34F2N2O. The van der Waals surface area contributed by atoms with Gasteiger partial charge in [0.25, 0.3) is 6.43 Å². The molecule has 1 aromatic rings. The molecule has 5 heteroatoms. The maximum Gasteiger partial charge on any atom is 0.267 e. The summed E-state index contributed by atoms with van der Waals surface area (Å²) in [5.41, 5.74) is 0.899. The van der Waals surface area contributed by atoms with E-state index in [0.717, 1.165) is 18.5 Å². The molecule has 0 aliphatic heterocycles. The molecule has 3 nitrogen and oxygen atoms in total. The average Bonchev–Trinajstić information content (AvgIpc) is 3.34. The number of aliphatic hydroxyl groups is 1.